The molecule has 0 unspecified atom stereocenters. The Morgan fingerprint density at radius 2 is 2.14 bits per heavy atom. The van der Waals surface area contributed by atoms with Gasteiger partial charge >= 0.3 is 0 Å². The molecule has 114 valence electrons. The van der Waals surface area contributed by atoms with E-state index in [4.69, 9.17) is 26.8 Å². The van der Waals surface area contributed by atoms with E-state index < -0.39 is 0 Å². The highest BCUT2D eigenvalue weighted by atomic mass is 35.5. The number of nitrogens with two attached hydrogens (primary N) is 1. The van der Waals surface area contributed by atoms with Gasteiger partial charge in [-0.3, -0.25) is 10.4 Å². The Morgan fingerprint density at radius 1 is 1.38 bits per heavy atom. The van der Waals surface area contributed by atoms with Crippen LogP contribution in [0.15, 0.2) is 47.0 Å². The molecule has 1 aliphatic heterocycles. The van der Waals surface area contributed by atoms with E-state index >= 15 is 0 Å². The third kappa shape index (κ3) is 3.53. The monoisotopic (exact) mass is 310 g/mol. The van der Waals surface area contributed by atoms with Gasteiger partial charge in [0.2, 0.25) is 0 Å². The second-order valence-corrected chi connectivity index (χ2v) is 5.05. The minimum absolute atomic E-state index is 0.195. The Kier molecular flexibility index (Phi) is 4.82. The number of nitrogens with one attached hydrogen (secondary N) is 1. The molecule has 0 amide bonds. The number of likely N-dealkylation sites (N-methyl/N-ethyl adjacent to an activating group) is 1. The number of halogens is 1. The summed E-state index contributed by atoms with van der Waals surface area (Å²) in [4.78, 5) is 1.86. The van der Waals surface area contributed by atoms with Gasteiger partial charge in [-0.25, -0.2) is 0 Å². The zero-order valence-electron chi connectivity index (χ0n) is 12.3. The summed E-state index contributed by atoms with van der Waals surface area (Å²) < 4.78 is 10.3. The third-order valence-corrected chi connectivity index (χ3v) is 3.12. The Bertz CT molecular complexity index is 572. The lowest BCUT2D eigenvalue weighted by Crippen LogP contribution is -2.39. The van der Waals surface area contributed by atoms with Gasteiger partial charge in [-0.1, -0.05) is 17.7 Å². The number of hydrogen-bond donors (Lipinski definition) is 2. The van der Waals surface area contributed by atoms with E-state index in [1.165, 1.54) is 0 Å². The van der Waals surface area contributed by atoms with Crippen LogP contribution in [0.4, 0.5) is 5.69 Å². The number of benzene rings is 1. The zero-order chi connectivity index (χ0) is 15.4. The molecule has 6 nitrogen and oxygen atoms in total. The molecule has 0 saturated carbocycles. The van der Waals surface area contributed by atoms with Gasteiger partial charge in [0, 0.05) is 27.3 Å². The van der Waals surface area contributed by atoms with Crippen LogP contribution in [0.2, 0.25) is 0 Å². The Balaban J connectivity index is 2.21. The van der Waals surface area contributed by atoms with Crippen LogP contribution >= 0.6 is 11.6 Å². The summed E-state index contributed by atoms with van der Waals surface area (Å²) in [6.45, 7) is 0.195. The van der Waals surface area contributed by atoms with E-state index in [1.54, 1.807) is 18.3 Å². The highest BCUT2D eigenvalue weighted by molar-refractivity contribution is 6.30. The molecule has 2 rings (SSSR count). The molecule has 0 atom stereocenters. The first-order chi connectivity index (χ1) is 10.0. The van der Waals surface area contributed by atoms with Crippen molar-refractivity contribution in [1.29, 1.82) is 0 Å². The number of rotatable bonds is 5. The fraction of sp³-hybridized carbons (Fsp3) is 0.286. The van der Waals surface area contributed by atoms with Crippen molar-refractivity contribution in [3.05, 3.63) is 47.0 Å². The van der Waals surface area contributed by atoms with Gasteiger partial charge in [-0.15, -0.1) is 0 Å². The predicted octanol–water partition coefficient (Wildman–Crippen LogP) is 1.76. The van der Waals surface area contributed by atoms with Crippen LogP contribution in [-0.2, 0) is 4.74 Å². The molecule has 1 aromatic carbocycles. The normalized spacial score (nSPS) is 14.7. The predicted molar refractivity (Wildman–Crippen MR) is 83.4 cm³/mol. The standard InChI is InChI=1S/C14H19ClN4O2/c1-18(2)13-12(16)8-19(17-14(13)15)10-5-4-6-11(7-10)21-9-20-3/h4-8,17H,9,16H2,1-3H3. The van der Waals surface area contributed by atoms with Crippen LogP contribution in [0.1, 0.15) is 0 Å². The smallest absolute Gasteiger partial charge is 0.188 e. The van der Waals surface area contributed by atoms with E-state index in [0.717, 1.165) is 11.4 Å². The highest BCUT2D eigenvalue weighted by Gasteiger charge is 2.19. The number of nitrogens with zero attached hydrogens (tertiary/aromatic N) is 2. The van der Waals surface area contributed by atoms with Crippen molar-refractivity contribution < 1.29 is 9.47 Å². The molecular formula is C14H19ClN4O2. The van der Waals surface area contributed by atoms with Gasteiger partial charge in [0.05, 0.1) is 23.3 Å². The molecule has 3 N–H and O–H groups in total. The molecule has 0 aromatic heterocycles. The van der Waals surface area contributed by atoms with Crippen molar-refractivity contribution >= 4 is 17.3 Å². The number of methoxy groups -OCH3 is 1. The van der Waals surface area contributed by atoms with Crippen LogP contribution in [0.25, 0.3) is 0 Å². The second-order valence-electron chi connectivity index (χ2n) is 4.67. The summed E-state index contributed by atoms with van der Waals surface area (Å²) in [7, 11) is 5.34. The first-order valence-electron chi connectivity index (χ1n) is 6.35. The van der Waals surface area contributed by atoms with Crippen LogP contribution in [0.5, 0.6) is 5.75 Å². The van der Waals surface area contributed by atoms with Crippen molar-refractivity contribution in [3.8, 4) is 5.75 Å². The average molecular weight is 311 g/mol. The Hall–Kier alpha value is -2.05. The lowest BCUT2D eigenvalue weighted by atomic mass is 10.2. The molecular weight excluding hydrogens is 292 g/mol. The summed E-state index contributed by atoms with van der Waals surface area (Å²) in [5.41, 5.74) is 11.3. The fourth-order valence-electron chi connectivity index (χ4n) is 1.96. The molecule has 0 bridgehead atoms. The molecule has 1 heterocycles. The SMILES string of the molecule is COCOc1cccc(N2C=C(N)C(N(C)C)=C(Cl)N2)c1. The fourth-order valence-corrected chi connectivity index (χ4v) is 2.33. The van der Waals surface area contributed by atoms with Gasteiger partial charge in [0.15, 0.2) is 6.79 Å². The lowest BCUT2D eigenvalue weighted by Gasteiger charge is -2.31. The van der Waals surface area contributed by atoms with Crippen molar-refractivity contribution in [2.75, 3.05) is 33.0 Å². The first kappa shape index (κ1) is 15.3. The van der Waals surface area contributed by atoms with Crippen molar-refractivity contribution in [3.63, 3.8) is 0 Å². The first-order valence-corrected chi connectivity index (χ1v) is 6.73. The van der Waals surface area contributed by atoms with E-state index in [9.17, 15) is 0 Å². The Morgan fingerprint density at radius 3 is 2.76 bits per heavy atom. The van der Waals surface area contributed by atoms with Gasteiger partial charge in [0.1, 0.15) is 10.9 Å². The van der Waals surface area contributed by atoms with Crippen LogP contribution in [-0.4, -0.2) is 32.9 Å². The summed E-state index contributed by atoms with van der Waals surface area (Å²) in [5.74, 6) is 0.696. The molecule has 0 aliphatic carbocycles. The second kappa shape index (κ2) is 6.60. The maximum atomic E-state index is 6.25. The molecule has 21 heavy (non-hydrogen) atoms. The minimum atomic E-state index is 0.195. The zero-order valence-corrected chi connectivity index (χ0v) is 13.0. The largest absolute Gasteiger partial charge is 0.467 e. The van der Waals surface area contributed by atoms with Gasteiger partial charge < -0.3 is 20.1 Å². The maximum Gasteiger partial charge on any atom is 0.188 e. The van der Waals surface area contributed by atoms with E-state index in [2.05, 4.69) is 5.43 Å². The summed E-state index contributed by atoms with van der Waals surface area (Å²) in [5, 5.41) is 2.20. The van der Waals surface area contributed by atoms with E-state index in [-0.39, 0.29) is 6.79 Å². The molecule has 7 heteroatoms. The Labute approximate surface area is 129 Å². The molecule has 0 spiro atoms. The maximum absolute atomic E-state index is 6.25. The van der Waals surface area contributed by atoms with E-state index in [0.29, 0.717) is 16.6 Å². The molecule has 0 fully saturated rings. The molecule has 1 aromatic rings. The quantitative estimate of drug-likeness (QED) is 0.638. The van der Waals surface area contributed by atoms with Gasteiger partial charge in [0.25, 0.3) is 0 Å². The topological polar surface area (TPSA) is 63.0 Å². The number of hydrogen-bond acceptors (Lipinski definition) is 6. The van der Waals surface area contributed by atoms with Crippen LogP contribution < -0.4 is 20.9 Å². The summed E-state index contributed by atoms with van der Waals surface area (Å²) >= 11 is 6.25. The lowest BCUT2D eigenvalue weighted by molar-refractivity contribution is 0.0511. The summed E-state index contributed by atoms with van der Waals surface area (Å²) in [6, 6.07) is 7.51. The number of ether oxygens (including phenoxy) is 2. The minimum Gasteiger partial charge on any atom is -0.467 e. The highest BCUT2D eigenvalue weighted by Crippen LogP contribution is 2.26. The summed E-state index contributed by atoms with van der Waals surface area (Å²) in [6.07, 6.45) is 1.77. The van der Waals surface area contributed by atoms with Gasteiger partial charge in [-0.05, 0) is 12.1 Å². The van der Waals surface area contributed by atoms with E-state index in [1.807, 2.05) is 43.3 Å². The molecule has 1 aliphatic rings. The third-order valence-electron chi connectivity index (χ3n) is 2.85. The number of anilines is 1. The van der Waals surface area contributed by atoms with Crippen molar-refractivity contribution in [2.24, 2.45) is 5.73 Å². The number of hydrazine groups is 1. The molecule has 0 radical (unpaired) electrons. The average Bonchev–Trinajstić information content (AvgIpc) is 2.44. The van der Waals surface area contributed by atoms with Crippen molar-refractivity contribution in [2.45, 2.75) is 0 Å². The van der Waals surface area contributed by atoms with Crippen LogP contribution in [0, 0.1) is 0 Å². The van der Waals surface area contributed by atoms with Crippen LogP contribution in [0.3, 0.4) is 0 Å². The molecule has 0 saturated heterocycles. The van der Waals surface area contributed by atoms with Gasteiger partial charge in [-0.2, -0.15) is 0 Å². The van der Waals surface area contributed by atoms with Crippen molar-refractivity contribution in [1.82, 2.24) is 10.3 Å².